The van der Waals surface area contributed by atoms with Crippen molar-refractivity contribution in [2.24, 2.45) is 0 Å². The van der Waals surface area contributed by atoms with E-state index in [1.54, 1.807) is 30.4 Å². The Morgan fingerprint density at radius 1 is 1.50 bits per heavy atom. The maximum Gasteiger partial charge on any atom is 0.256 e. The molecule has 2 rings (SSSR count). The third-order valence-electron chi connectivity index (χ3n) is 2.81. The lowest BCUT2D eigenvalue weighted by atomic mass is 10.1. The van der Waals surface area contributed by atoms with E-state index in [9.17, 15) is 4.79 Å². The van der Waals surface area contributed by atoms with Gasteiger partial charge >= 0.3 is 0 Å². The number of aromatic nitrogens is 2. The van der Waals surface area contributed by atoms with Gasteiger partial charge in [0.2, 0.25) is 0 Å². The number of imidazole rings is 1. The fraction of sp³-hybridized carbons (Fsp3) is 0.231. The molecule has 94 valence electrons. The van der Waals surface area contributed by atoms with E-state index in [1.165, 1.54) is 0 Å². The van der Waals surface area contributed by atoms with Gasteiger partial charge in [-0.15, -0.1) is 0 Å². The van der Waals surface area contributed by atoms with Gasteiger partial charge in [0.1, 0.15) is 5.82 Å². The molecule has 2 aromatic rings. The Bertz CT molecular complexity index is 528. The highest BCUT2D eigenvalue weighted by atomic mass is 16.2. The van der Waals surface area contributed by atoms with Crippen LogP contribution in [-0.2, 0) is 6.54 Å². The molecule has 5 nitrogen and oxygen atoms in total. The van der Waals surface area contributed by atoms with Crippen molar-refractivity contribution in [1.29, 1.82) is 0 Å². The predicted molar refractivity (Wildman–Crippen MR) is 70.0 cm³/mol. The number of nitrogens with two attached hydrogens (primary N) is 1. The van der Waals surface area contributed by atoms with Crippen LogP contribution in [0, 0.1) is 6.92 Å². The second kappa shape index (κ2) is 4.91. The molecule has 0 fully saturated rings. The van der Waals surface area contributed by atoms with Gasteiger partial charge in [-0.1, -0.05) is 12.1 Å². The highest BCUT2D eigenvalue weighted by molar-refractivity contribution is 6.00. The highest BCUT2D eigenvalue weighted by Crippen LogP contribution is 2.18. The van der Waals surface area contributed by atoms with Gasteiger partial charge in [-0.05, 0) is 18.6 Å². The molecule has 0 saturated carbocycles. The van der Waals surface area contributed by atoms with Crippen LogP contribution >= 0.6 is 0 Å². The molecule has 0 aliphatic carbocycles. The van der Waals surface area contributed by atoms with Crippen molar-refractivity contribution in [1.82, 2.24) is 14.9 Å². The van der Waals surface area contributed by atoms with E-state index in [2.05, 4.69) is 9.97 Å². The number of carbonyl (C=O) groups excluding carboxylic acids is 1. The first-order valence-corrected chi connectivity index (χ1v) is 5.68. The molecule has 0 spiro atoms. The number of carbonyl (C=O) groups is 1. The first-order chi connectivity index (χ1) is 8.59. The number of nitrogens with zero attached hydrogens (tertiary/aromatic N) is 2. The van der Waals surface area contributed by atoms with Crippen LogP contribution in [0.3, 0.4) is 0 Å². The second-order valence-electron chi connectivity index (χ2n) is 4.24. The summed E-state index contributed by atoms with van der Waals surface area (Å²) in [4.78, 5) is 21.0. The number of hydrogen-bond donors (Lipinski definition) is 2. The molecule has 0 atom stereocenters. The Kier molecular flexibility index (Phi) is 3.32. The standard InChI is InChI=1S/C13H16N4O/c1-9-4-3-5-10(14)12(9)13(18)17(2)8-11-15-6-7-16-11/h3-7H,8,14H2,1-2H3,(H,15,16). The average molecular weight is 244 g/mol. The smallest absolute Gasteiger partial charge is 0.256 e. The van der Waals surface area contributed by atoms with E-state index in [-0.39, 0.29) is 5.91 Å². The van der Waals surface area contributed by atoms with E-state index >= 15 is 0 Å². The average Bonchev–Trinajstić information content (AvgIpc) is 2.81. The first kappa shape index (κ1) is 12.2. The summed E-state index contributed by atoms with van der Waals surface area (Å²) in [7, 11) is 1.73. The van der Waals surface area contributed by atoms with Crippen molar-refractivity contribution < 1.29 is 4.79 Å². The van der Waals surface area contributed by atoms with E-state index < -0.39 is 0 Å². The molecule has 0 saturated heterocycles. The van der Waals surface area contributed by atoms with Crippen molar-refractivity contribution in [3.8, 4) is 0 Å². The van der Waals surface area contributed by atoms with Crippen LogP contribution in [0.1, 0.15) is 21.7 Å². The van der Waals surface area contributed by atoms with Crippen LogP contribution in [0.5, 0.6) is 0 Å². The van der Waals surface area contributed by atoms with E-state index in [1.807, 2.05) is 19.1 Å². The third kappa shape index (κ3) is 2.34. The molecule has 3 N–H and O–H groups in total. The molecule has 0 aliphatic heterocycles. The SMILES string of the molecule is Cc1cccc(N)c1C(=O)N(C)Cc1ncc[nH]1. The Morgan fingerprint density at radius 2 is 2.28 bits per heavy atom. The van der Waals surface area contributed by atoms with Gasteiger partial charge in [0.05, 0.1) is 12.1 Å². The van der Waals surface area contributed by atoms with Crippen LogP contribution in [0.4, 0.5) is 5.69 Å². The Labute approximate surface area is 106 Å². The van der Waals surface area contributed by atoms with Gasteiger partial charge in [0, 0.05) is 25.1 Å². The molecule has 0 aliphatic rings. The maximum atomic E-state index is 12.3. The van der Waals surface area contributed by atoms with Crippen LogP contribution in [-0.4, -0.2) is 27.8 Å². The molecule has 0 bridgehead atoms. The molecule has 18 heavy (non-hydrogen) atoms. The highest BCUT2D eigenvalue weighted by Gasteiger charge is 2.17. The Hall–Kier alpha value is -2.30. The zero-order valence-electron chi connectivity index (χ0n) is 10.5. The summed E-state index contributed by atoms with van der Waals surface area (Å²) in [5.41, 5.74) is 7.81. The fourth-order valence-electron chi connectivity index (χ4n) is 1.85. The quantitative estimate of drug-likeness (QED) is 0.805. The maximum absolute atomic E-state index is 12.3. The normalized spacial score (nSPS) is 10.3. The minimum atomic E-state index is -0.0954. The van der Waals surface area contributed by atoms with Crippen molar-refractivity contribution in [2.45, 2.75) is 13.5 Å². The lowest BCUT2D eigenvalue weighted by molar-refractivity contribution is 0.0782. The molecular formula is C13H16N4O. The van der Waals surface area contributed by atoms with E-state index in [0.29, 0.717) is 17.8 Å². The number of aryl methyl sites for hydroxylation is 1. The summed E-state index contributed by atoms with van der Waals surface area (Å²) in [6, 6.07) is 5.46. The molecule has 1 aromatic carbocycles. The van der Waals surface area contributed by atoms with Crippen molar-refractivity contribution in [2.75, 3.05) is 12.8 Å². The Balaban J connectivity index is 2.21. The minimum Gasteiger partial charge on any atom is -0.398 e. The summed E-state index contributed by atoms with van der Waals surface area (Å²) in [5.74, 6) is 0.653. The Morgan fingerprint density at radius 3 is 2.89 bits per heavy atom. The fourth-order valence-corrected chi connectivity index (χ4v) is 1.85. The van der Waals surface area contributed by atoms with Crippen LogP contribution in [0.25, 0.3) is 0 Å². The molecule has 1 aromatic heterocycles. The third-order valence-corrected chi connectivity index (χ3v) is 2.81. The summed E-state index contributed by atoms with van der Waals surface area (Å²) in [5, 5.41) is 0. The molecule has 1 heterocycles. The summed E-state index contributed by atoms with van der Waals surface area (Å²) in [6.07, 6.45) is 3.39. The summed E-state index contributed by atoms with van der Waals surface area (Å²) in [6.45, 7) is 2.31. The number of nitrogen functional groups attached to an aromatic ring is 1. The molecular weight excluding hydrogens is 228 g/mol. The van der Waals surface area contributed by atoms with E-state index in [0.717, 1.165) is 11.4 Å². The number of H-pyrrole nitrogens is 1. The second-order valence-corrected chi connectivity index (χ2v) is 4.24. The minimum absolute atomic E-state index is 0.0954. The predicted octanol–water partition coefficient (Wildman–Crippen LogP) is 1.57. The van der Waals surface area contributed by atoms with Gasteiger partial charge in [0.15, 0.2) is 0 Å². The lowest BCUT2D eigenvalue weighted by Gasteiger charge is -2.18. The van der Waals surface area contributed by atoms with Crippen LogP contribution < -0.4 is 5.73 Å². The number of anilines is 1. The van der Waals surface area contributed by atoms with Gasteiger partial charge < -0.3 is 15.6 Å². The number of aromatic amines is 1. The zero-order chi connectivity index (χ0) is 13.1. The van der Waals surface area contributed by atoms with Crippen LogP contribution in [0.15, 0.2) is 30.6 Å². The van der Waals surface area contributed by atoms with Gasteiger partial charge in [-0.2, -0.15) is 0 Å². The monoisotopic (exact) mass is 244 g/mol. The number of rotatable bonds is 3. The van der Waals surface area contributed by atoms with Gasteiger partial charge in [-0.25, -0.2) is 4.98 Å². The first-order valence-electron chi connectivity index (χ1n) is 5.68. The van der Waals surface area contributed by atoms with Gasteiger partial charge in [-0.3, -0.25) is 4.79 Å². The largest absolute Gasteiger partial charge is 0.398 e. The van der Waals surface area contributed by atoms with Crippen molar-refractivity contribution in [3.63, 3.8) is 0 Å². The molecule has 5 heteroatoms. The molecule has 0 unspecified atom stereocenters. The van der Waals surface area contributed by atoms with Crippen molar-refractivity contribution in [3.05, 3.63) is 47.5 Å². The zero-order valence-corrected chi connectivity index (χ0v) is 10.5. The number of nitrogens with one attached hydrogen (secondary N) is 1. The number of hydrogen-bond acceptors (Lipinski definition) is 3. The topological polar surface area (TPSA) is 75.0 Å². The van der Waals surface area contributed by atoms with E-state index in [4.69, 9.17) is 5.73 Å². The van der Waals surface area contributed by atoms with Gasteiger partial charge in [0.25, 0.3) is 5.91 Å². The number of benzene rings is 1. The number of amides is 1. The molecule has 0 radical (unpaired) electrons. The van der Waals surface area contributed by atoms with Crippen molar-refractivity contribution >= 4 is 11.6 Å². The van der Waals surface area contributed by atoms with Crippen LogP contribution in [0.2, 0.25) is 0 Å². The lowest BCUT2D eigenvalue weighted by Crippen LogP contribution is -2.28. The summed E-state index contributed by atoms with van der Waals surface area (Å²) >= 11 is 0. The molecule has 1 amide bonds. The summed E-state index contributed by atoms with van der Waals surface area (Å²) < 4.78 is 0.